The van der Waals surface area contributed by atoms with E-state index >= 15 is 0 Å². The van der Waals surface area contributed by atoms with Crippen LogP contribution in [0.15, 0.2) is 0 Å². The lowest BCUT2D eigenvalue weighted by Crippen LogP contribution is -2.64. The summed E-state index contributed by atoms with van der Waals surface area (Å²) in [6.45, 7) is 11.7. The number of ether oxygens (including phenoxy) is 2. The maximum absolute atomic E-state index is 6.25. The van der Waals surface area contributed by atoms with E-state index in [0.717, 1.165) is 36.6 Å². The fraction of sp³-hybridized carbons (Fsp3) is 0.857. The second-order valence-corrected chi connectivity index (χ2v) is 9.86. The Balaban J connectivity index is 1.70. The van der Waals surface area contributed by atoms with Gasteiger partial charge in [0.2, 0.25) is 5.72 Å². The zero-order valence-corrected chi connectivity index (χ0v) is 16.9. The number of fused-ring (bicyclic) bond motifs is 5. The Labute approximate surface area is 158 Å². The second-order valence-electron chi connectivity index (χ2n) is 9.86. The van der Waals surface area contributed by atoms with Crippen LogP contribution in [0.4, 0.5) is 0 Å². The average molecular weight is 357 g/mol. The Bertz CT molecular complexity index is 635. The van der Waals surface area contributed by atoms with Crippen LogP contribution in [0.5, 0.6) is 11.8 Å². The molecule has 26 heavy (non-hydrogen) atoms. The summed E-state index contributed by atoms with van der Waals surface area (Å²) in [5, 5.41) is 0. The molecule has 5 heteroatoms. The Morgan fingerprint density at radius 2 is 1.58 bits per heavy atom. The average Bonchev–Trinajstić information content (AvgIpc) is 3.24. The van der Waals surface area contributed by atoms with Gasteiger partial charge in [-0.3, -0.25) is 0 Å². The summed E-state index contributed by atoms with van der Waals surface area (Å²) in [6.07, 6.45) is 8.52. The highest BCUT2D eigenvalue weighted by Gasteiger charge is 2.56. The van der Waals surface area contributed by atoms with E-state index in [4.69, 9.17) is 9.47 Å². The third kappa shape index (κ3) is 2.31. The number of nitrogens with zero attached hydrogens (tertiary/aromatic N) is 2. The molecular formula is C21H34BN2O2+. The van der Waals surface area contributed by atoms with E-state index in [2.05, 4.69) is 36.8 Å². The van der Waals surface area contributed by atoms with Gasteiger partial charge in [0, 0.05) is 0 Å². The van der Waals surface area contributed by atoms with Crippen molar-refractivity contribution in [1.82, 2.24) is 4.57 Å². The van der Waals surface area contributed by atoms with E-state index in [0.29, 0.717) is 30.6 Å². The summed E-state index contributed by atoms with van der Waals surface area (Å²) in [5.74, 6) is 4.96. The van der Waals surface area contributed by atoms with E-state index in [1.165, 1.54) is 38.5 Å². The van der Waals surface area contributed by atoms with Gasteiger partial charge in [0.1, 0.15) is 25.3 Å². The molecule has 5 heterocycles. The molecule has 2 fully saturated rings. The van der Waals surface area contributed by atoms with Gasteiger partial charge in [-0.05, 0) is 23.5 Å². The van der Waals surface area contributed by atoms with Crippen LogP contribution in [0.25, 0.3) is 0 Å². The van der Waals surface area contributed by atoms with Gasteiger partial charge in [-0.15, -0.1) is 0 Å². The second kappa shape index (κ2) is 6.20. The van der Waals surface area contributed by atoms with Crippen molar-refractivity contribution >= 4 is 12.4 Å². The first-order valence-corrected chi connectivity index (χ1v) is 11.0. The summed E-state index contributed by atoms with van der Waals surface area (Å²) in [6, 6.07) is 0.911. The van der Waals surface area contributed by atoms with Crippen LogP contribution in [0.3, 0.4) is 0 Å². The van der Waals surface area contributed by atoms with E-state index in [9.17, 15) is 0 Å². The summed E-state index contributed by atoms with van der Waals surface area (Å²) in [5.41, 5.74) is 1.57. The fourth-order valence-corrected chi connectivity index (χ4v) is 6.31. The number of hydrogen-bond donors (Lipinski definition) is 0. The molecule has 0 saturated carbocycles. The molecule has 1 aromatic rings. The SMILES string of the molecule is CC(C)[C@H]1COc2c3[n+](c(B4C5CCCC4CCC5)n21)[C@@H](C(C)C)CO3. The first-order valence-electron chi connectivity index (χ1n) is 11.0. The smallest absolute Gasteiger partial charge is 0.372 e. The molecule has 2 saturated heterocycles. The molecule has 4 nitrogen and oxygen atoms in total. The molecule has 2 bridgehead atoms. The number of aromatic nitrogens is 2. The Kier molecular flexibility index (Phi) is 4.06. The molecule has 1 aromatic heterocycles. The third-order valence-electron chi connectivity index (χ3n) is 7.71. The predicted molar refractivity (Wildman–Crippen MR) is 104 cm³/mol. The fourth-order valence-electron chi connectivity index (χ4n) is 6.31. The molecule has 0 N–H and O–H groups in total. The van der Waals surface area contributed by atoms with Gasteiger partial charge in [-0.2, -0.15) is 9.13 Å². The lowest BCUT2D eigenvalue weighted by molar-refractivity contribution is -0.695. The van der Waals surface area contributed by atoms with Gasteiger partial charge < -0.3 is 9.47 Å². The minimum absolute atomic E-state index is 0.456. The molecular weight excluding hydrogens is 323 g/mol. The molecule has 0 amide bonds. The zero-order valence-electron chi connectivity index (χ0n) is 16.9. The monoisotopic (exact) mass is 357 g/mol. The number of rotatable bonds is 3. The third-order valence-corrected chi connectivity index (χ3v) is 7.71. The van der Waals surface area contributed by atoms with Crippen molar-refractivity contribution in [3.63, 3.8) is 0 Å². The largest absolute Gasteiger partial charge is 0.452 e. The number of imidazole rings is 1. The molecule has 0 aliphatic carbocycles. The van der Waals surface area contributed by atoms with Gasteiger partial charge >= 0.3 is 11.8 Å². The first kappa shape index (κ1) is 17.0. The van der Waals surface area contributed by atoms with Gasteiger partial charge in [0.15, 0.2) is 0 Å². The summed E-state index contributed by atoms with van der Waals surface area (Å²) in [7, 11) is 0. The Morgan fingerprint density at radius 1 is 0.923 bits per heavy atom. The van der Waals surface area contributed by atoms with Crippen LogP contribution >= 0.6 is 0 Å². The van der Waals surface area contributed by atoms with Crippen molar-refractivity contribution in [2.24, 2.45) is 11.8 Å². The maximum atomic E-state index is 6.25. The van der Waals surface area contributed by atoms with Gasteiger partial charge in [-0.25, -0.2) is 0 Å². The van der Waals surface area contributed by atoms with Crippen LogP contribution in [-0.4, -0.2) is 24.5 Å². The quantitative estimate of drug-likeness (QED) is 0.608. The molecule has 0 unspecified atom stereocenters. The highest BCUT2D eigenvalue weighted by atomic mass is 16.5. The molecule has 5 rings (SSSR count). The summed E-state index contributed by atoms with van der Waals surface area (Å²) < 4.78 is 17.7. The molecule has 4 aliphatic heterocycles. The minimum atomic E-state index is 0.456. The molecule has 4 aliphatic rings. The lowest BCUT2D eigenvalue weighted by Gasteiger charge is -2.38. The van der Waals surface area contributed by atoms with E-state index in [1.807, 2.05) is 0 Å². The van der Waals surface area contributed by atoms with Crippen molar-refractivity contribution in [3.8, 4) is 11.8 Å². The summed E-state index contributed by atoms with van der Waals surface area (Å²) in [4.78, 5) is 0. The van der Waals surface area contributed by atoms with Crippen molar-refractivity contribution in [2.75, 3.05) is 13.2 Å². The normalized spacial score (nSPS) is 32.6. The molecule has 2 atom stereocenters. The summed E-state index contributed by atoms with van der Waals surface area (Å²) >= 11 is 0. The van der Waals surface area contributed by atoms with E-state index < -0.39 is 0 Å². The Morgan fingerprint density at radius 3 is 2.15 bits per heavy atom. The van der Waals surface area contributed by atoms with E-state index in [1.54, 1.807) is 5.72 Å². The molecule has 142 valence electrons. The standard InChI is InChI=1S/C21H34BN2O2/c1-13(2)17-11-25-19-20-24(18(12-26-20)14(3)4)21(23(17)19)22-15-7-5-8-16(22)10-6-9-15/h13-18H,5-12H2,1-4H3/q+1/t15?,16?,17-,18-/m1/s1. The van der Waals surface area contributed by atoms with Crippen LogP contribution < -0.4 is 19.8 Å². The van der Waals surface area contributed by atoms with Gasteiger partial charge in [-0.1, -0.05) is 66.2 Å². The zero-order chi connectivity index (χ0) is 18.0. The van der Waals surface area contributed by atoms with Gasteiger partial charge in [0.25, 0.3) is 6.71 Å². The van der Waals surface area contributed by atoms with Crippen LogP contribution in [0, 0.1) is 11.8 Å². The van der Waals surface area contributed by atoms with Crippen molar-refractivity contribution < 1.29 is 14.0 Å². The van der Waals surface area contributed by atoms with Crippen LogP contribution in [-0.2, 0) is 0 Å². The maximum Gasteiger partial charge on any atom is 0.372 e. The van der Waals surface area contributed by atoms with E-state index in [-0.39, 0.29) is 0 Å². The minimum Gasteiger partial charge on any atom is -0.452 e. The number of hydrogen-bond acceptors (Lipinski definition) is 2. The predicted octanol–water partition coefficient (Wildman–Crippen LogP) is 3.76. The van der Waals surface area contributed by atoms with Crippen molar-refractivity contribution in [3.05, 3.63) is 0 Å². The highest BCUT2D eigenvalue weighted by Crippen LogP contribution is 2.48. The highest BCUT2D eigenvalue weighted by molar-refractivity contribution is 6.74. The van der Waals surface area contributed by atoms with Crippen molar-refractivity contribution in [2.45, 2.75) is 89.9 Å². The van der Waals surface area contributed by atoms with Crippen molar-refractivity contribution in [1.29, 1.82) is 0 Å². The molecule has 0 aromatic carbocycles. The van der Waals surface area contributed by atoms with Crippen LogP contribution in [0.2, 0.25) is 11.6 Å². The van der Waals surface area contributed by atoms with Crippen LogP contribution in [0.1, 0.15) is 78.3 Å². The lowest BCUT2D eigenvalue weighted by atomic mass is 9.26. The topological polar surface area (TPSA) is 27.3 Å². The Hall–Kier alpha value is -1.13. The molecule has 0 radical (unpaired) electrons. The molecule has 0 spiro atoms. The van der Waals surface area contributed by atoms with Gasteiger partial charge in [0.05, 0.1) is 0 Å². The first-order chi connectivity index (χ1) is 12.6.